The van der Waals surface area contributed by atoms with Gasteiger partial charge in [0, 0.05) is 5.56 Å². The van der Waals surface area contributed by atoms with Crippen LogP contribution in [0.15, 0.2) is 35.4 Å². The Kier molecular flexibility index (Phi) is 6.24. The van der Waals surface area contributed by atoms with Gasteiger partial charge in [-0.05, 0) is 6.92 Å². The molecule has 0 spiro atoms. The number of hydrazone groups is 1. The summed E-state index contributed by atoms with van der Waals surface area (Å²) >= 11 is 1.52. The SMILES string of the molecule is Cc1nn2c(/C=N/NC(=O)C[NH+](C)C)c(-c3ccccc3)nc2s1.[Cl-]. The summed E-state index contributed by atoms with van der Waals surface area (Å²) in [6.45, 7) is 2.30. The Morgan fingerprint density at radius 3 is 2.76 bits per heavy atom. The Balaban J connectivity index is 0.00000225. The molecule has 1 aromatic carbocycles. The summed E-state index contributed by atoms with van der Waals surface area (Å²) in [5, 5.41) is 9.47. The van der Waals surface area contributed by atoms with Crippen LogP contribution >= 0.6 is 11.3 Å². The van der Waals surface area contributed by atoms with Crippen LogP contribution in [0, 0.1) is 6.92 Å². The molecular weight excluding hydrogens is 360 g/mol. The number of aromatic nitrogens is 3. The van der Waals surface area contributed by atoms with E-state index < -0.39 is 0 Å². The first kappa shape index (κ1) is 19.0. The van der Waals surface area contributed by atoms with Crippen molar-refractivity contribution in [2.45, 2.75) is 6.92 Å². The molecule has 3 rings (SSSR count). The molecule has 0 aliphatic carbocycles. The Hall–Kier alpha value is -2.29. The van der Waals surface area contributed by atoms with Gasteiger partial charge in [0.2, 0.25) is 4.96 Å². The summed E-state index contributed by atoms with van der Waals surface area (Å²) in [5.74, 6) is -0.136. The first-order valence-corrected chi connectivity index (χ1v) is 8.39. The van der Waals surface area contributed by atoms with Gasteiger partial charge < -0.3 is 17.3 Å². The second-order valence-electron chi connectivity index (χ2n) is 5.70. The predicted octanol–water partition coefficient (Wildman–Crippen LogP) is -2.64. The third-order valence-electron chi connectivity index (χ3n) is 3.28. The molecule has 0 bridgehead atoms. The number of nitrogens with one attached hydrogen (secondary N) is 2. The van der Waals surface area contributed by atoms with Gasteiger partial charge in [-0.15, -0.1) is 0 Å². The van der Waals surface area contributed by atoms with Gasteiger partial charge in [-0.25, -0.2) is 14.9 Å². The number of hydrogen-bond donors (Lipinski definition) is 2. The molecule has 1 amide bonds. The highest BCUT2D eigenvalue weighted by atomic mass is 35.5. The monoisotopic (exact) mass is 378 g/mol. The zero-order chi connectivity index (χ0) is 17.1. The number of nitrogens with zero attached hydrogens (tertiary/aromatic N) is 4. The fraction of sp³-hybridized carbons (Fsp3) is 0.250. The molecule has 0 atom stereocenters. The van der Waals surface area contributed by atoms with Crippen LogP contribution in [-0.2, 0) is 4.79 Å². The number of benzene rings is 1. The van der Waals surface area contributed by atoms with Gasteiger partial charge in [0.25, 0.3) is 5.91 Å². The second-order valence-corrected chi connectivity index (χ2v) is 6.86. The number of aryl methyl sites for hydroxylation is 1. The highest BCUT2D eigenvalue weighted by molar-refractivity contribution is 7.16. The van der Waals surface area contributed by atoms with E-state index in [1.165, 1.54) is 11.3 Å². The first-order chi connectivity index (χ1) is 11.5. The number of amides is 1. The van der Waals surface area contributed by atoms with Crippen LogP contribution < -0.4 is 22.7 Å². The van der Waals surface area contributed by atoms with Crippen molar-refractivity contribution < 1.29 is 22.1 Å². The van der Waals surface area contributed by atoms with Gasteiger partial charge in [-0.1, -0.05) is 41.7 Å². The molecule has 132 valence electrons. The van der Waals surface area contributed by atoms with Crippen molar-refractivity contribution in [2.75, 3.05) is 20.6 Å². The smallest absolute Gasteiger partial charge is 0.295 e. The lowest BCUT2D eigenvalue weighted by atomic mass is 10.1. The minimum Gasteiger partial charge on any atom is -1.00 e. The molecule has 9 heteroatoms. The van der Waals surface area contributed by atoms with Gasteiger partial charge >= 0.3 is 0 Å². The number of carbonyl (C=O) groups excluding carboxylic acids is 1. The molecule has 0 saturated heterocycles. The fourth-order valence-electron chi connectivity index (χ4n) is 2.31. The number of quaternary nitrogens is 1. The Bertz CT molecular complexity index is 887. The number of hydrogen-bond acceptors (Lipinski definition) is 5. The normalized spacial score (nSPS) is 11.2. The van der Waals surface area contributed by atoms with E-state index in [1.807, 2.05) is 51.4 Å². The quantitative estimate of drug-likeness (QED) is 0.376. The van der Waals surface area contributed by atoms with E-state index in [1.54, 1.807) is 10.7 Å². The number of likely N-dealkylation sites (N-methyl/N-ethyl adjacent to an activating group) is 1. The Morgan fingerprint density at radius 1 is 1.36 bits per heavy atom. The Labute approximate surface area is 155 Å². The maximum atomic E-state index is 11.7. The van der Waals surface area contributed by atoms with Gasteiger partial charge in [0.15, 0.2) is 6.54 Å². The molecule has 3 aromatic rings. The molecule has 2 aromatic heterocycles. The van der Waals surface area contributed by atoms with Crippen LogP contribution in [0.5, 0.6) is 0 Å². The topological polar surface area (TPSA) is 76.1 Å². The van der Waals surface area contributed by atoms with E-state index in [2.05, 4.69) is 20.6 Å². The maximum absolute atomic E-state index is 11.7. The summed E-state index contributed by atoms with van der Waals surface area (Å²) < 4.78 is 1.76. The summed E-state index contributed by atoms with van der Waals surface area (Å²) in [4.78, 5) is 18.2. The predicted molar refractivity (Wildman–Crippen MR) is 94.5 cm³/mol. The third kappa shape index (κ3) is 4.41. The number of imidazole rings is 1. The molecule has 7 nitrogen and oxygen atoms in total. The molecule has 0 unspecified atom stereocenters. The van der Waals surface area contributed by atoms with E-state index in [0.717, 1.165) is 31.8 Å². The average molecular weight is 379 g/mol. The third-order valence-corrected chi connectivity index (χ3v) is 4.10. The second kappa shape index (κ2) is 8.19. The summed E-state index contributed by atoms with van der Waals surface area (Å²) in [6.07, 6.45) is 1.60. The molecule has 25 heavy (non-hydrogen) atoms. The van der Waals surface area contributed by atoms with Crippen LogP contribution in [0.1, 0.15) is 10.7 Å². The molecule has 0 aliphatic rings. The zero-order valence-electron chi connectivity index (χ0n) is 14.2. The van der Waals surface area contributed by atoms with Crippen molar-refractivity contribution in [1.82, 2.24) is 20.0 Å². The minimum absolute atomic E-state index is 0. The van der Waals surface area contributed by atoms with E-state index in [4.69, 9.17) is 0 Å². The lowest BCUT2D eigenvalue weighted by Gasteiger charge is -2.04. The van der Waals surface area contributed by atoms with Crippen LogP contribution in [0.4, 0.5) is 0 Å². The molecular formula is C16H19ClN6OS. The highest BCUT2D eigenvalue weighted by Gasteiger charge is 2.15. The van der Waals surface area contributed by atoms with E-state index in [-0.39, 0.29) is 18.3 Å². The molecule has 2 heterocycles. The van der Waals surface area contributed by atoms with Gasteiger partial charge in [-0.2, -0.15) is 10.2 Å². The van der Waals surface area contributed by atoms with Crippen molar-refractivity contribution in [3.8, 4) is 11.3 Å². The van der Waals surface area contributed by atoms with Gasteiger partial charge in [0.1, 0.15) is 16.4 Å². The first-order valence-electron chi connectivity index (χ1n) is 7.57. The largest absolute Gasteiger partial charge is 1.00 e. The van der Waals surface area contributed by atoms with Crippen molar-refractivity contribution in [2.24, 2.45) is 5.10 Å². The van der Waals surface area contributed by atoms with E-state index in [9.17, 15) is 4.79 Å². The van der Waals surface area contributed by atoms with Crippen molar-refractivity contribution in [3.63, 3.8) is 0 Å². The molecule has 0 fully saturated rings. The van der Waals surface area contributed by atoms with Crippen molar-refractivity contribution in [1.29, 1.82) is 0 Å². The zero-order valence-corrected chi connectivity index (χ0v) is 15.7. The molecule has 0 aliphatic heterocycles. The van der Waals surface area contributed by atoms with Gasteiger partial charge in [0.05, 0.1) is 20.3 Å². The number of carbonyl (C=O) groups is 1. The Morgan fingerprint density at radius 2 is 2.08 bits per heavy atom. The summed E-state index contributed by atoms with van der Waals surface area (Å²) in [6, 6.07) is 9.87. The summed E-state index contributed by atoms with van der Waals surface area (Å²) in [7, 11) is 3.82. The number of fused-ring (bicyclic) bond motifs is 1. The van der Waals surface area contributed by atoms with E-state index >= 15 is 0 Å². The lowest BCUT2D eigenvalue weighted by Crippen LogP contribution is -3.07. The lowest BCUT2D eigenvalue weighted by molar-refractivity contribution is -0.849. The fourth-order valence-corrected chi connectivity index (χ4v) is 3.06. The number of rotatable bonds is 5. The standard InChI is InChI=1S/C16H18N6OS.ClH/c1-11-20-22-13(9-17-19-14(23)10-21(2)3)15(18-16(22)24-11)12-7-5-4-6-8-12;/h4-9H,10H2,1-3H3,(H,19,23);1H/b17-9+;. The molecule has 0 saturated carbocycles. The van der Waals surface area contributed by atoms with Crippen molar-refractivity contribution >= 4 is 28.4 Å². The summed E-state index contributed by atoms with van der Waals surface area (Å²) in [5.41, 5.74) is 5.08. The van der Waals surface area contributed by atoms with Crippen LogP contribution in [0.25, 0.3) is 16.2 Å². The molecule has 0 radical (unpaired) electrons. The number of halogens is 1. The van der Waals surface area contributed by atoms with Crippen LogP contribution in [0.2, 0.25) is 0 Å². The highest BCUT2D eigenvalue weighted by Crippen LogP contribution is 2.25. The maximum Gasteiger partial charge on any atom is 0.295 e. The van der Waals surface area contributed by atoms with Crippen LogP contribution in [0.3, 0.4) is 0 Å². The average Bonchev–Trinajstić information content (AvgIpc) is 3.04. The van der Waals surface area contributed by atoms with E-state index in [0.29, 0.717) is 6.54 Å². The van der Waals surface area contributed by atoms with Gasteiger partial charge in [-0.3, -0.25) is 4.79 Å². The molecule has 2 N–H and O–H groups in total. The van der Waals surface area contributed by atoms with Crippen molar-refractivity contribution in [3.05, 3.63) is 41.0 Å². The van der Waals surface area contributed by atoms with Crippen LogP contribution in [-0.4, -0.2) is 47.4 Å². The minimum atomic E-state index is -0.136.